The highest BCUT2D eigenvalue weighted by Crippen LogP contribution is 2.11. The van der Waals surface area contributed by atoms with Gasteiger partial charge in [-0.15, -0.1) is 0 Å². The molecule has 1 rings (SSSR count). The van der Waals surface area contributed by atoms with E-state index in [4.69, 9.17) is 9.90 Å². The van der Waals surface area contributed by atoms with Crippen molar-refractivity contribution in [1.82, 2.24) is 0 Å². The van der Waals surface area contributed by atoms with Crippen molar-refractivity contribution in [3.05, 3.63) is 30.3 Å². The van der Waals surface area contributed by atoms with Crippen LogP contribution in [0.25, 0.3) is 0 Å². The van der Waals surface area contributed by atoms with E-state index in [9.17, 15) is 18.0 Å². The van der Waals surface area contributed by atoms with Crippen LogP contribution in [-0.4, -0.2) is 24.6 Å². The third kappa shape index (κ3) is 8.92. The van der Waals surface area contributed by atoms with Crippen molar-refractivity contribution in [2.45, 2.75) is 19.0 Å². The molecule has 0 saturated heterocycles. The summed E-state index contributed by atoms with van der Waals surface area (Å²) in [6, 6.07) is 9.48. The number of hydrogen-bond acceptors (Lipinski definition) is 3. The second-order valence-electron chi connectivity index (χ2n) is 3.66. The van der Waals surface area contributed by atoms with Gasteiger partial charge < -0.3 is 21.0 Å². The summed E-state index contributed by atoms with van der Waals surface area (Å²) in [4.78, 5) is 20.0. The molecule has 0 aliphatic heterocycles. The first-order valence-electron chi connectivity index (χ1n) is 5.69. The molecule has 0 atom stereocenters. The summed E-state index contributed by atoms with van der Waals surface area (Å²) in [5, 5.41) is 11.6. The number of rotatable bonds is 4. The first-order valence-corrected chi connectivity index (χ1v) is 5.69. The molecule has 0 aromatic heterocycles. The number of carboxylic acid groups (broad SMARTS) is 1. The highest BCUT2D eigenvalue weighted by Gasteiger charge is 2.28. The zero-order valence-corrected chi connectivity index (χ0v) is 10.6. The average Bonchev–Trinajstić information content (AvgIpc) is 2.37. The largest absolute Gasteiger partial charge is 0.542 e. The number of nitrogens with one attached hydrogen (secondary N) is 1. The molecule has 0 aliphatic rings. The Balaban J connectivity index is 0.000000441. The summed E-state index contributed by atoms with van der Waals surface area (Å²) >= 11 is 0. The van der Waals surface area contributed by atoms with Gasteiger partial charge in [0.05, 0.1) is 6.54 Å². The predicted molar refractivity (Wildman–Crippen MR) is 63.1 cm³/mol. The summed E-state index contributed by atoms with van der Waals surface area (Å²) in [6.45, 7) is 0.808. The van der Waals surface area contributed by atoms with Crippen LogP contribution in [0.2, 0.25) is 0 Å². The molecule has 0 aliphatic carbocycles. The van der Waals surface area contributed by atoms with Gasteiger partial charge in [-0.3, -0.25) is 4.79 Å². The second kappa shape index (κ2) is 8.92. The molecule has 4 N–H and O–H groups in total. The highest BCUT2D eigenvalue weighted by atomic mass is 19.4. The van der Waals surface area contributed by atoms with E-state index in [1.165, 1.54) is 0 Å². The van der Waals surface area contributed by atoms with Crippen LogP contribution in [0.15, 0.2) is 30.3 Å². The number of carboxylic acids is 1. The van der Waals surface area contributed by atoms with Crippen LogP contribution >= 0.6 is 0 Å². The molecule has 1 amide bonds. The molecule has 112 valence electrons. The number of carbonyl (C=O) groups is 2. The number of quaternary nitrogens is 1. The van der Waals surface area contributed by atoms with Gasteiger partial charge in [-0.05, 0) is 12.1 Å². The number of alkyl halides is 3. The Hall–Kier alpha value is -2.09. The van der Waals surface area contributed by atoms with Gasteiger partial charge in [0.2, 0.25) is 5.91 Å². The van der Waals surface area contributed by atoms with E-state index < -0.39 is 12.1 Å². The maximum Gasteiger partial charge on any atom is 0.430 e. The number of amides is 1. The van der Waals surface area contributed by atoms with E-state index in [-0.39, 0.29) is 5.91 Å². The predicted octanol–water partition coefficient (Wildman–Crippen LogP) is -0.0542. The lowest BCUT2D eigenvalue weighted by molar-refractivity contribution is -0.368. The molecule has 1 aromatic carbocycles. The number of aliphatic carboxylic acids is 1. The third-order valence-corrected chi connectivity index (χ3v) is 1.94. The number of hydrogen-bond donors (Lipinski definition) is 2. The zero-order valence-electron chi connectivity index (χ0n) is 10.6. The highest BCUT2D eigenvalue weighted by molar-refractivity contribution is 5.90. The van der Waals surface area contributed by atoms with Crippen molar-refractivity contribution in [1.29, 1.82) is 0 Å². The third-order valence-electron chi connectivity index (χ3n) is 1.94. The number of carbonyl (C=O) groups excluding carboxylic acids is 2. The quantitative estimate of drug-likeness (QED) is 0.814. The Morgan fingerprint density at radius 2 is 1.70 bits per heavy atom. The topological polar surface area (TPSA) is 96.9 Å². The smallest absolute Gasteiger partial charge is 0.430 e. The van der Waals surface area contributed by atoms with E-state index >= 15 is 0 Å². The first-order chi connectivity index (χ1) is 9.27. The summed E-state index contributed by atoms with van der Waals surface area (Å²) < 4.78 is 31.5. The number of para-hydroxylation sites is 1. The van der Waals surface area contributed by atoms with Gasteiger partial charge in [-0.2, -0.15) is 13.2 Å². The SMILES string of the molecule is O=C([O-])C(F)(F)F.[NH3+]CCCC(=O)Nc1ccccc1. The van der Waals surface area contributed by atoms with Crippen LogP contribution in [0.4, 0.5) is 18.9 Å². The van der Waals surface area contributed by atoms with Crippen LogP contribution in [0.5, 0.6) is 0 Å². The maximum atomic E-state index is 11.2. The van der Waals surface area contributed by atoms with Crippen molar-refractivity contribution >= 4 is 17.6 Å². The van der Waals surface area contributed by atoms with Crippen LogP contribution in [0, 0.1) is 0 Å². The average molecular weight is 292 g/mol. The van der Waals surface area contributed by atoms with Crippen molar-refractivity contribution in [2.75, 3.05) is 11.9 Å². The summed E-state index contributed by atoms with van der Waals surface area (Å²) in [5.41, 5.74) is 4.54. The fraction of sp³-hybridized carbons (Fsp3) is 0.333. The van der Waals surface area contributed by atoms with Crippen LogP contribution in [0.1, 0.15) is 12.8 Å². The van der Waals surface area contributed by atoms with Crippen LogP contribution in [0.3, 0.4) is 0 Å². The molecule has 0 spiro atoms. The standard InChI is InChI=1S/C10H14N2O.C2HF3O2/c11-8-4-7-10(13)12-9-5-2-1-3-6-9;3-2(4,5)1(6)7/h1-3,5-6H,4,7-8,11H2,(H,12,13);(H,6,7). The lowest BCUT2D eigenvalue weighted by atomic mass is 10.2. The van der Waals surface area contributed by atoms with Crippen LogP contribution in [-0.2, 0) is 9.59 Å². The zero-order chi connectivity index (χ0) is 15.6. The number of anilines is 1. The lowest BCUT2D eigenvalue weighted by Crippen LogP contribution is -2.50. The minimum atomic E-state index is -5.19. The van der Waals surface area contributed by atoms with Gasteiger partial charge in [-0.1, -0.05) is 18.2 Å². The molecule has 0 bridgehead atoms. The maximum absolute atomic E-state index is 11.2. The molecule has 20 heavy (non-hydrogen) atoms. The monoisotopic (exact) mass is 292 g/mol. The van der Waals surface area contributed by atoms with Crippen molar-refractivity contribution < 1.29 is 33.6 Å². The lowest BCUT2D eigenvalue weighted by Gasteiger charge is -2.03. The molecule has 0 fully saturated rings. The summed E-state index contributed by atoms with van der Waals surface area (Å²) in [5.74, 6) is -2.94. The molecule has 8 heteroatoms. The molecule has 5 nitrogen and oxygen atoms in total. The van der Waals surface area contributed by atoms with E-state index in [1.54, 1.807) is 0 Å². The van der Waals surface area contributed by atoms with E-state index in [0.29, 0.717) is 6.42 Å². The Bertz CT molecular complexity index is 422. The van der Waals surface area contributed by atoms with Gasteiger partial charge in [0.15, 0.2) is 0 Å². The van der Waals surface area contributed by atoms with Gasteiger partial charge in [0.25, 0.3) is 0 Å². The van der Waals surface area contributed by atoms with Crippen LogP contribution < -0.4 is 16.2 Å². The van der Waals surface area contributed by atoms with Crippen molar-refractivity contribution in [2.24, 2.45) is 0 Å². The first kappa shape index (κ1) is 17.9. The Morgan fingerprint density at radius 3 is 2.10 bits per heavy atom. The molecule has 0 heterocycles. The summed E-state index contributed by atoms with van der Waals surface area (Å²) in [6.07, 6.45) is -3.79. The minimum absolute atomic E-state index is 0.0647. The number of halogens is 3. The summed E-state index contributed by atoms with van der Waals surface area (Å²) in [7, 11) is 0. The molecule has 0 radical (unpaired) electrons. The molecule has 0 unspecified atom stereocenters. The molecule has 0 saturated carbocycles. The fourth-order valence-electron chi connectivity index (χ4n) is 1.03. The molecule has 1 aromatic rings. The van der Waals surface area contributed by atoms with Gasteiger partial charge in [-0.25, -0.2) is 0 Å². The van der Waals surface area contributed by atoms with Gasteiger partial charge >= 0.3 is 6.18 Å². The van der Waals surface area contributed by atoms with Gasteiger partial charge in [0, 0.05) is 18.5 Å². The van der Waals surface area contributed by atoms with E-state index in [0.717, 1.165) is 18.7 Å². The van der Waals surface area contributed by atoms with Crippen molar-refractivity contribution in [3.8, 4) is 0 Å². The Kier molecular flexibility index (Phi) is 7.98. The minimum Gasteiger partial charge on any atom is -0.542 e. The van der Waals surface area contributed by atoms with Crippen molar-refractivity contribution in [3.63, 3.8) is 0 Å². The second-order valence-corrected chi connectivity index (χ2v) is 3.66. The Morgan fingerprint density at radius 1 is 1.20 bits per heavy atom. The van der Waals surface area contributed by atoms with E-state index in [2.05, 4.69) is 11.1 Å². The molecular formula is C12H15F3N2O3. The molecular weight excluding hydrogens is 277 g/mol. The Labute approximate surface area is 113 Å². The normalized spacial score (nSPS) is 10.2. The fourth-order valence-corrected chi connectivity index (χ4v) is 1.03. The number of benzene rings is 1. The van der Waals surface area contributed by atoms with Gasteiger partial charge in [0.1, 0.15) is 5.97 Å². The van der Waals surface area contributed by atoms with E-state index in [1.807, 2.05) is 30.3 Å².